The van der Waals surface area contributed by atoms with Crippen LogP contribution in [0.3, 0.4) is 0 Å². The van der Waals surface area contributed by atoms with Crippen LogP contribution in [-0.2, 0) is 4.79 Å². The maximum absolute atomic E-state index is 12.2. The van der Waals surface area contributed by atoms with Crippen LogP contribution < -0.4 is 11.1 Å². The molecule has 0 saturated heterocycles. The summed E-state index contributed by atoms with van der Waals surface area (Å²) in [6.45, 7) is 4.96. The highest BCUT2D eigenvalue weighted by atomic mass is 35.5. The number of nitrogens with two attached hydrogens (primary N) is 1. The number of hydrogen-bond acceptors (Lipinski definition) is 3. The molecule has 20 heavy (non-hydrogen) atoms. The maximum atomic E-state index is 12.2. The summed E-state index contributed by atoms with van der Waals surface area (Å²) in [5, 5.41) is 2.89. The van der Waals surface area contributed by atoms with Crippen molar-refractivity contribution in [3.8, 4) is 0 Å². The van der Waals surface area contributed by atoms with Crippen molar-refractivity contribution >= 4 is 41.5 Å². The van der Waals surface area contributed by atoms with Gasteiger partial charge in [0.1, 0.15) is 0 Å². The highest BCUT2D eigenvalue weighted by Gasteiger charge is 2.16. The molecule has 1 rings (SSSR count). The number of halogens is 2. The minimum absolute atomic E-state index is 0. The van der Waals surface area contributed by atoms with Gasteiger partial charge >= 0.3 is 0 Å². The number of carbonyl (C=O) groups is 2. The average Bonchev–Trinajstić information content (AvgIpc) is 2.40. The van der Waals surface area contributed by atoms with Crippen LogP contribution in [0, 0.1) is 0 Å². The van der Waals surface area contributed by atoms with E-state index >= 15 is 0 Å². The zero-order valence-electron chi connectivity index (χ0n) is 11.5. The highest BCUT2D eigenvalue weighted by molar-refractivity contribution is 6.34. The van der Waals surface area contributed by atoms with Crippen LogP contribution in [-0.4, -0.2) is 36.3 Å². The summed E-state index contributed by atoms with van der Waals surface area (Å²) in [7, 11) is 0. The van der Waals surface area contributed by atoms with Crippen molar-refractivity contribution in [3.05, 3.63) is 28.8 Å². The van der Waals surface area contributed by atoms with Gasteiger partial charge in [0.2, 0.25) is 5.91 Å². The highest BCUT2D eigenvalue weighted by Crippen LogP contribution is 2.22. The molecule has 1 aromatic carbocycles. The summed E-state index contributed by atoms with van der Waals surface area (Å²) in [5.41, 5.74) is 6.16. The van der Waals surface area contributed by atoms with Gasteiger partial charge in [-0.3, -0.25) is 9.59 Å². The number of rotatable bonds is 5. The molecule has 3 N–H and O–H groups in total. The number of hydrogen-bond donors (Lipinski definition) is 2. The van der Waals surface area contributed by atoms with Crippen molar-refractivity contribution in [1.82, 2.24) is 4.90 Å². The lowest BCUT2D eigenvalue weighted by Gasteiger charge is -2.19. The quantitative estimate of drug-likeness (QED) is 0.873. The lowest BCUT2D eigenvalue weighted by atomic mass is 10.1. The van der Waals surface area contributed by atoms with Crippen LogP contribution in [0.15, 0.2) is 18.2 Å². The second-order valence-corrected chi connectivity index (χ2v) is 4.33. The third-order valence-corrected chi connectivity index (χ3v) is 3.03. The lowest BCUT2D eigenvalue weighted by Crippen LogP contribution is -2.30. The number of amides is 2. The first-order valence-electron chi connectivity index (χ1n) is 6.12. The summed E-state index contributed by atoms with van der Waals surface area (Å²) in [6, 6.07) is 4.79. The Hall–Kier alpha value is -1.30. The van der Waals surface area contributed by atoms with Crippen LogP contribution >= 0.6 is 24.0 Å². The van der Waals surface area contributed by atoms with E-state index in [1.54, 1.807) is 23.1 Å². The van der Waals surface area contributed by atoms with Gasteiger partial charge < -0.3 is 16.0 Å². The smallest absolute Gasteiger partial charge is 0.255 e. The van der Waals surface area contributed by atoms with Gasteiger partial charge in [-0.15, -0.1) is 12.4 Å². The first kappa shape index (κ1) is 18.7. The first-order chi connectivity index (χ1) is 9.03. The van der Waals surface area contributed by atoms with Gasteiger partial charge in [0.25, 0.3) is 5.91 Å². The molecule has 2 amide bonds. The Morgan fingerprint density at radius 1 is 1.30 bits per heavy atom. The standard InChI is InChI=1S/C13H18ClN3O2.ClH/c1-3-17(4-2)13(19)10-6-5-9(7-11(10)14)16-12(18)8-15;/h5-7H,3-4,8,15H2,1-2H3,(H,16,18);1H. The third-order valence-electron chi connectivity index (χ3n) is 2.72. The molecule has 0 heterocycles. The molecule has 0 bridgehead atoms. The zero-order valence-corrected chi connectivity index (χ0v) is 13.1. The average molecular weight is 320 g/mol. The van der Waals surface area contributed by atoms with Crippen molar-refractivity contribution in [2.45, 2.75) is 13.8 Å². The topological polar surface area (TPSA) is 75.4 Å². The Balaban J connectivity index is 0.00000361. The zero-order chi connectivity index (χ0) is 14.4. The fraction of sp³-hybridized carbons (Fsp3) is 0.385. The number of nitrogens with zero attached hydrogens (tertiary/aromatic N) is 1. The van der Waals surface area contributed by atoms with E-state index in [0.29, 0.717) is 29.4 Å². The van der Waals surface area contributed by atoms with Gasteiger partial charge in [-0.1, -0.05) is 11.6 Å². The molecule has 0 saturated carbocycles. The van der Waals surface area contributed by atoms with Gasteiger partial charge in [-0.05, 0) is 32.0 Å². The van der Waals surface area contributed by atoms with E-state index in [4.69, 9.17) is 17.3 Å². The molecule has 7 heteroatoms. The minimum atomic E-state index is -0.307. The largest absolute Gasteiger partial charge is 0.339 e. The molecule has 112 valence electrons. The van der Waals surface area contributed by atoms with Crippen molar-refractivity contribution in [2.24, 2.45) is 5.73 Å². The Bertz CT molecular complexity index is 477. The number of benzene rings is 1. The molecule has 0 fully saturated rings. The van der Waals surface area contributed by atoms with Crippen molar-refractivity contribution in [1.29, 1.82) is 0 Å². The molecule has 0 unspecified atom stereocenters. The fourth-order valence-corrected chi connectivity index (χ4v) is 1.92. The molecule has 0 atom stereocenters. The molecule has 1 aromatic rings. The Labute approximate surface area is 129 Å². The summed E-state index contributed by atoms with van der Waals surface area (Å²) < 4.78 is 0. The van der Waals surface area contributed by atoms with E-state index in [0.717, 1.165) is 0 Å². The molecule has 0 aliphatic carbocycles. The van der Waals surface area contributed by atoms with E-state index in [9.17, 15) is 9.59 Å². The predicted octanol–water partition coefficient (Wildman–Crippen LogP) is 2.14. The van der Waals surface area contributed by atoms with Crippen LogP contribution in [0.25, 0.3) is 0 Å². The van der Waals surface area contributed by atoms with E-state index in [2.05, 4.69) is 5.32 Å². The van der Waals surface area contributed by atoms with Gasteiger partial charge in [-0.2, -0.15) is 0 Å². The Kier molecular flexibility index (Phi) is 8.22. The fourth-order valence-electron chi connectivity index (χ4n) is 1.66. The molecule has 0 aliphatic rings. The van der Waals surface area contributed by atoms with E-state index in [1.165, 1.54) is 0 Å². The maximum Gasteiger partial charge on any atom is 0.255 e. The molecule has 0 aliphatic heterocycles. The van der Waals surface area contributed by atoms with Crippen molar-refractivity contribution < 1.29 is 9.59 Å². The van der Waals surface area contributed by atoms with E-state index in [1.807, 2.05) is 13.8 Å². The summed E-state index contributed by atoms with van der Waals surface area (Å²) >= 11 is 6.08. The molecular formula is C13H19Cl2N3O2. The molecule has 0 spiro atoms. The number of anilines is 1. The van der Waals surface area contributed by atoms with Gasteiger partial charge in [0.15, 0.2) is 0 Å². The lowest BCUT2D eigenvalue weighted by molar-refractivity contribution is -0.114. The normalized spacial score (nSPS) is 9.60. The van der Waals surface area contributed by atoms with Gasteiger partial charge in [0.05, 0.1) is 17.1 Å². The van der Waals surface area contributed by atoms with Crippen LogP contribution in [0.1, 0.15) is 24.2 Å². The number of nitrogens with one attached hydrogen (secondary N) is 1. The molecule has 5 nitrogen and oxygen atoms in total. The monoisotopic (exact) mass is 319 g/mol. The third kappa shape index (κ3) is 4.67. The molecular weight excluding hydrogens is 301 g/mol. The van der Waals surface area contributed by atoms with E-state index in [-0.39, 0.29) is 30.8 Å². The van der Waals surface area contributed by atoms with Crippen molar-refractivity contribution in [2.75, 3.05) is 25.0 Å². The summed E-state index contributed by atoms with van der Waals surface area (Å²) in [6.07, 6.45) is 0. The number of carbonyl (C=O) groups excluding carboxylic acids is 2. The van der Waals surface area contributed by atoms with Crippen LogP contribution in [0.2, 0.25) is 5.02 Å². The second-order valence-electron chi connectivity index (χ2n) is 3.92. The van der Waals surface area contributed by atoms with Crippen molar-refractivity contribution in [3.63, 3.8) is 0 Å². The second kappa shape index (κ2) is 8.79. The Morgan fingerprint density at radius 2 is 1.90 bits per heavy atom. The SMILES string of the molecule is CCN(CC)C(=O)c1ccc(NC(=O)CN)cc1Cl.Cl. The van der Waals surface area contributed by atoms with Gasteiger partial charge in [0, 0.05) is 18.8 Å². The molecule has 0 aromatic heterocycles. The summed E-state index contributed by atoms with van der Waals surface area (Å²) in [4.78, 5) is 25.0. The van der Waals surface area contributed by atoms with E-state index < -0.39 is 0 Å². The summed E-state index contributed by atoms with van der Waals surface area (Å²) in [5.74, 6) is -0.425. The Morgan fingerprint density at radius 3 is 2.35 bits per heavy atom. The van der Waals surface area contributed by atoms with Crippen LogP contribution in [0.5, 0.6) is 0 Å². The van der Waals surface area contributed by atoms with Crippen LogP contribution in [0.4, 0.5) is 5.69 Å². The predicted molar refractivity (Wildman–Crippen MR) is 83.6 cm³/mol. The minimum Gasteiger partial charge on any atom is -0.339 e. The molecule has 0 radical (unpaired) electrons. The first-order valence-corrected chi connectivity index (χ1v) is 6.50. The van der Waals surface area contributed by atoms with Gasteiger partial charge in [-0.25, -0.2) is 0 Å².